The van der Waals surface area contributed by atoms with Gasteiger partial charge in [-0.1, -0.05) is 0 Å². The van der Waals surface area contributed by atoms with Crippen LogP contribution < -0.4 is 16.4 Å². The zero-order chi connectivity index (χ0) is 12.7. The van der Waals surface area contributed by atoms with Crippen molar-refractivity contribution in [2.24, 2.45) is 0 Å². The molecule has 0 fully saturated rings. The molecule has 0 aliphatic rings. The number of rotatable bonds is 5. The van der Waals surface area contributed by atoms with Crippen LogP contribution in [0.25, 0.3) is 0 Å². The van der Waals surface area contributed by atoms with Gasteiger partial charge in [0.2, 0.25) is 5.91 Å². The van der Waals surface area contributed by atoms with Gasteiger partial charge in [-0.3, -0.25) is 4.79 Å². The summed E-state index contributed by atoms with van der Waals surface area (Å²) in [5, 5.41) is 14.7. The van der Waals surface area contributed by atoms with E-state index in [1.165, 1.54) is 0 Å². The van der Waals surface area contributed by atoms with Crippen molar-refractivity contribution < 1.29 is 4.79 Å². The smallest absolute Gasteiger partial charge is 0.221 e. The van der Waals surface area contributed by atoms with Crippen LogP contribution in [0.2, 0.25) is 0 Å². The second-order valence-electron chi connectivity index (χ2n) is 3.55. The lowest BCUT2D eigenvalue weighted by atomic mass is 10.1. The Balaban J connectivity index is 2.52. The summed E-state index contributed by atoms with van der Waals surface area (Å²) in [5.74, 6) is -0.00560. The first-order chi connectivity index (χ1) is 8.17. The van der Waals surface area contributed by atoms with Crippen molar-refractivity contribution in [3.05, 3.63) is 23.8 Å². The highest BCUT2D eigenvalue weighted by Gasteiger charge is 2.03. The van der Waals surface area contributed by atoms with Crippen LogP contribution in [0.5, 0.6) is 0 Å². The molecule has 0 saturated carbocycles. The first kappa shape index (κ1) is 12.8. The summed E-state index contributed by atoms with van der Waals surface area (Å²) in [6, 6.07) is 7.12. The number of hydrogen-bond donors (Lipinski definition) is 3. The number of carbonyl (C=O) groups is 1. The normalized spacial score (nSPS) is 9.41. The summed E-state index contributed by atoms with van der Waals surface area (Å²) in [6.45, 7) is 2.99. The molecular weight excluding hydrogens is 216 g/mol. The maximum Gasteiger partial charge on any atom is 0.221 e. The summed E-state index contributed by atoms with van der Waals surface area (Å²) in [6.07, 6.45) is 0.378. The maximum absolute atomic E-state index is 11.2. The fraction of sp³-hybridized carbons (Fsp3) is 0.333. The quantitative estimate of drug-likeness (QED) is 0.662. The van der Waals surface area contributed by atoms with Gasteiger partial charge in [0.15, 0.2) is 0 Å². The van der Waals surface area contributed by atoms with Crippen molar-refractivity contribution in [2.45, 2.75) is 13.3 Å². The average molecular weight is 232 g/mol. The third-order valence-corrected chi connectivity index (χ3v) is 2.21. The highest BCUT2D eigenvalue weighted by molar-refractivity contribution is 5.76. The van der Waals surface area contributed by atoms with Gasteiger partial charge in [-0.05, 0) is 25.1 Å². The Bertz CT molecular complexity index is 437. The Kier molecular flexibility index (Phi) is 4.82. The van der Waals surface area contributed by atoms with E-state index < -0.39 is 0 Å². The summed E-state index contributed by atoms with van der Waals surface area (Å²) in [4.78, 5) is 11.2. The second-order valence-corrected chi connectivity index (χ2v) is 3.55. The Morgan fingerprint density at radius 1 is 1.53 bits per heavy atom. The van der Waals surface area contributed by atoms with Gasteiger partial charge in [-0.2, -0.15) is 5.26 Å². The van der Waals surface area contributed by atoms with Crippen LogP contribution in [0.1, 0.15) is 18.9 Å². The molecule has 1 aromatic rings. The molecule has 1 rings (SSSR count). The summed E-state index contributed by atoms with van der Waals surface area (Å²) in [7, 11) is 0. The Hall–Kier alpha value is -2.22. The van der Waals surface area contributed by atoms with Gasteiger partial charge in [0.1, 0.15) is 6.07 Å². The van der Waals surface area contributed by atoms with Crippen LogP contribution in [0.4, 0.5) is 11.4 Å². The number of nitrogens with two attached hydrogens (primary N) is 1. The molecule has 0 unspecified atom stereocenters. The molecule has 0 aliphatic carbocycles. The minimum absolute atomic E-state index is 0.00560. The van der Waals surface area contributed by atoms with Crippen molar-refractivity contribution in [1.29, 1.82) is 5.26 Å². The van der Waals surface area contributed by atoms with Crippen LogP contribution in [-0.2, 0) is 4.79 Å². The molecule has 1 aromatic carbocycles. The molecule has 17 heavy (non-hydrogen) atoms. The van der Waals surface area contributed by atoms with Gasteiger partial charge in [0, 0.05) is 25.2 Å². The van der Waals surface area contributed by atoms with E-state index in [0.717, 1.165) is 0 Å². The van der Waals surface area contributed by atoms with Crippen LogP contribution in [0.3, 0.4) is 0 Å². The summed E-state index contributed by atoms with van der Waals surface area (Å²) >= 11 is 0. The first-order valence-electron chi connectivity index (χ1n) is 5.47. The van der Waals surface area contributed by atoms with Gasteiger partial charge in [-0.15, -0.1) is 0 Å². The number of nitrogens with zero attached hydrogens (tertiary/aromatic N) is 1. The fourth-order valence-electron chi connectivity index (χ4n) is 1.40. The minimum atomic E-state index is -0.00560. The van der Waals surface area contributed by atoms with E-state index in [1.54, 1.807) is 18.2 Å². The van der Waals surface area contributed by atoms with Gasteiger partial charge in [0.25, 0.3) is 0 Å². The third kappa shape index (κ3) is 4.03. The molecule has 0 saturated heterocycles. The summed E-state index contributed by atoms with van der Waals surface area (Å²) < 4.78 is 0. The molecule has 1 amide bonds. The number of nitriles is 1. The molecule has 5 heteroatoms. The monoisotopic (exact) mass is 232 g/mol. The van der Waals surface area contributed by atoms with Crippen molar-refractivity contribution >= 4 is 17.3 Å². The van der Waals surface area contributed by atoms with E-state index in [2.05, 4.69) is 16.7 Å². The second kappa shape index (κ2) is 6.38. The van der Waals surface area contributed by atoms with Crippen molar-refractivity contribution in [3.63, 3.8) is 0 Å². The summed E-state index contributed by atoms with van der Waals surface area (Å²) in [5.41, 5.74) is 7.32. The molecule has 5 nitrogen and oxygen atoms in total. The molecule has 0 aliphatic heterocycles. The average Bonchev–Trinajstić information content (AvgIpc) is 2.31. The maximum atomic E-state index is 11.2. The highest BCUT2D eigenvalue weighted by atomic mass is 16.1. The molecule has 90 valence electrons. The standard InChI is InChI=1S/C12H16N4O/c1-2-15-12(17)5-6-16-11-4-3-10(14)7-9(11)8-13/h3-4,7,16H,2,5-6,14H2,1H3,(H,15,17). The zero-order valence-electron chi connectivity index (χ0n) is 9.79. The minimum Gasteiger partial charge on any atom is -0.399 e. The fourth-order valence-corrected chi connectivity index (χ4v) is 1.40. The molecule has 0 spiro atoms. The lowest BCUT2D eigenvalue weighted by Gasteiger charge is -2.08. The number of benzene rings is 1. The van der Waals surface area contributed by atoms with E-state index in [-0.39, 0.29) is 5.91 Å². The lowest BCUT2D eigenvalue weighted by Crippen LogP contribution is -2.24. The Morgan fingerprint density at radius 2 is 2.29 bits per heavy atom. The van der Waals surface area contributed by atoms with E-state index in [9.17, 15) is 4.79 Å². The molecular formula is C12H16N4O. The molecule has 0 heterocycles. The van der Waals surface area contributed by atoms with E-state index >= 15 is 0 Å². The van der Waals surface area contributed by atoms with E-state index in [0.29, 0.717) is 36.4 Å². The first-order valence-corrected chi connectivity index (χ1v) is 5.47. The SMILES string of the molecule is CCNC(=O)CCNc1ccc(N)cc1C#N. The molecule has 4 N–H and O–H groups in total. The molecule has 0 bridgehead atoms. The molecule has 0 aromatic heterocycles. The number of hydrogen-bond acceptors (Lipinski definition) is 4. The van der Waals surface area contributed by atoms with E-state index in [4.69, 9.17) is 11.0 Å². The van der Waals surface area contributed by atoms with Crippen LogP contribution in [-0.4, -0.2) is 19.0 Å². The topological polar surface area (TPSA) is 90.9 Å². The predicted molar refractivity (Wildman–Crippen MR) is 67.4 cm³/mol. The zero-order valence-corrected chi connectivity index (χ0v) is 9.79. The molecule has 0 atom stereocenters. The highest BCUT2D eigenvalue weighted by Crippen LogP contribution is 2.17. The van der Waals surface area contributed by atoms with Crippen LogP contribution >= 0.6 is 0 Å². The van der Waals surface area contributed by atoms with Crippen molar-refractivity contribution in [3.8, 4) is 6.07 Å². The van der Waals surface area contributed by atoms with Gasteiger partial charge < -0.3 is 16.4 Å². The Morgan fingerprint density at radius 3 is 2.94 bits per heavy atom. The van der Waals surface area contributed by atoms with Gasteiger partial charge >= 0.3 is 0 Å². The lowest BCUT2D eigenvalue weighted by molar-refractivity contribution is -0.120. The van der Waals surface area contributed by atoms with Crippen LogP contribution in [0.15, 0.2) is 18.2 Å². The van der Waals surface area contributed by atoms with Crippen molar-refractivity contribution in [2.75, 3.05) is 24.1 Å². The predicted octanol–water partition coefficient (Wildman–Crippen LogP) is 1.08. The van der Waals surface area contributed by atoms with E-state index in [1.807, 2.05) is 6.92 Å². The number of nitrogens with one attached hydrogen (secondary N) is 2. The number of amides is 1. The van der Waals surface area contributed by atoms with Gasteiger partial charge in [0.05, 0.1) is 11.3 Å². The Labute approximate surface area is 101 Å². The van der Waals surface area contributed by atoms with Crippen molar-refractivity contribution in [1.82, 2.24) is 5.32 Å². The number of anilines is 2. The largest absolute Gasteiger partial charge is 0.399 e. The van der Waals surface area contributed by atoms with Crippen LogP contribution in [0, 0.1) is 11.3 Å². The third-order valence-electron chi connectivity index (χ3n) is 2.21. The van der Waals surface area contributed by atoms with Gasteiger partial charge in [-0.25, -0.2) is 0 Å². The molecule has 0 radical (unpaired) electrons. The number of carbonyl (C=O) groups excluding carboxylic acids is 1. The number of nitrogen functional groups attached to an aromatic ring is 1.